The summed E-state index contributed by atoms with van der Waals surface area (Å²) >= 11 is 1.45. The molecular formula is C16H12FNO3S. The van der Waals surface area contributed by atoms with Crippen LogP contribution in [0.15, 0.2) is 46.2 Å². The van der Waals surface area contributed by atoms with E-state index in [9.17, 15) is 9.18 Å². The molecule has 0 spiro atoms. The number of ether oxygens (including phenoxy) is 1. The first-order valence-corrected chi connectivity index (χ1v) is 7.56. The first kappa shape index (κ1) is 14.5. The first-order valence-electron chi connectivity index (χ1n) is 6.68. The Kier molecular flexibility index (Phi) is 4.02. The molecule has 1 aromatic carbocycles. The summed E-state index contributed by atoms with van der Waals surface area (Å²) in [5, 5.41) is 1.89. The van der Waals surface area contributed by atoms with Crippen molar-refractivity contribution in [2.24, 2.45) is 0 Å². The van der Waals surface area contributed by atoms with Crippen molar-refractivity contribution < 1.29 is 18.3 Å². The highest BCUT2D eigenvalue weighted by Gasteiger charge is 2.20. The predicted molar refractivity (Wildman–Crippen MR) is 81.1 cm³/mol. The molecule has 2 heterocycles. The summed E-state index contributed by atoms with van der Waals surface area (Å²) in [6.45, 7) is 1.70. The summed E-state index contributed by atoms with van der Waals surface area (Å²) in [5.74, 6) is 0.0789. The lowest BCUT2D eigenvalue weighted by molar-refractivity contribution is -0.134. The van der Waals surface area contributed by atoms with Gasteiger partial charge >= 0.3 is 5.97 Å². The van der Waals surface area contributed by atoms with E-state index in [0.717, 1.165) is 4.88 Å². The highest BCUT2D eigenvalue weighted by atomic mass is 32.1. The molecule has 0 radical (unpaired) electrons. The molecule has 0 atom stereocenters. The fraction of sp³-hybridized carbons (Fsp3) is 0.125. The SMILES string of the molecule is CCC(=O)Oc1nc(-c2ccc(F)cc2)oc1-c1cccs1. The van der Waals surface area contributed by atoms with E-state index in [1.54, 1.807) is 19.1 Å². The zero-order valence-electron chi connectivity index (χ0n) is 11.7. The molecule has 112 valence electrons. The van der Waals surface area contributed by atoms with E-state index in [4.69, 9.17) is 9.15 Å². The number of halogens is 1. The number of benzene rings is 1. The summed E-state index contributed by atoms with van der Waals surface area (Å²) in [6, 6.07) is 9.48. The summed E-state index contributed by atoms with van der Waals surface area (Å²) in [4.78, 5) is 16.6. The maximum Gasteiger partial charge on any atom is 0.312 e. The Bertz CT molecular complexity index is 778. The van der Waals surface area contributed by atoms with Gasteiger partial charge in [0.05, 0.1) is 4.88 Å². The molecular weight excluding hydrogens is 305 g/mol. The summed E-state index contributed by atoms with van der Waals surface area (Å²) < 4.78 is 24.0. The van der Waals surface area contributed by atoms with Crippen LogP contribution in [-0.4, -0.2) is 11.0 Å². The molecule has 0 aliphatic carbocycles. The smallest absolute Gasteiger partial charge is 0.312 e. The molecule has 0 fully saturated rings. The minimum absolute atomic E-state index is 0.133. The second-order valence-corrected chi connectivity index (χ2v) is 5.41. The zero-order valence-corrected chi connectivity index (χ0v) is 12.5. The van der Waals surface area contributed by atoms with Gasteiger partial charge in [-0.05, 0) is 35.7 Å². The van der Waals surface area contributed by atoms with Crippen LogP contribution in [0.4, 0.5) is 4.39 Å². The van der Waals surface area contributed by atoms with Gasteiger partial charge in [-0.15, -0.1) is 11.3 Å². The summed E-state index contributed by atoms with van der Waals surface area (Å²) in [7, 11) is 0. The first-order chi connectivity index (χ1) is 10.7. The van der Waals surface area contributed by atoms with Crippen molar-refractivity contribution in [2.45, 2.75) is 13.3 Å². The molecule has 0 unspecified atom stereocenters. The summed E-state index contributed by atoms with van der Waals surface area (Å²) in [6.07, 6.45) is 0.239. The number of aromatic nitrogens is 1. The number of oxazole rings is 1. The second kappa shape index (κ2) is 6.11. The molecule has 0 bridgehead atoms. The van der Waals surface area contributed by atoms with Crippen molar-refractivity contribution in [2.75, 3.05) is 0 Å². The van der Waals surface area contributed by atoms with Crippen LogP contribution >= 0.6 is 11.3 Å². The maximum absolute atomic E-state index is 13.0. The average Bonchev–Trinajstić information content (AvgIpc) is 3.17. The number of thiophene rings is 1. The Morgan fingerprint density at radius 3 is 2.73 bits per heavy atom. The molecule has 4 nitrogen and oxygen atoms in total. The van der Waals surface area contributed by atoms with E-state index >= 15 is 0 Å². The van der Waals surface area contributed by atoms with E-state index in [1.807, 2.05) is 17.5 Å². The molecule has 0 N–H and O–H groups in total. The van der Waals surface area contributed by atoms with Crippen molar-refractivity contribution in [3.8, 4) is 28.0 Å². The average molecular weight is 317 g/mol. The van der Waals surface area contributed by atoms with Gasteiger partial charge in [0.25, 0.3) is 5.88 Å². The van der Waals surface area contributed by atoms with E-state index < -0.39 is 5.97 Å². The molecule has 0 saturated carbocycles. The lowest BCUT2D eigenvalue weighted by Crippen LogP contribution is -2.06. The number of nitrogens with zero attached hydrogens (tertiary/aromatic N) is 1. The number of carbonyl (C=O) groups is 1. The summed E-state index contributed by atoms with van der Waals surface area (Å²) in [5.41, 5.74) is 0.609. The topological polar surface area (TPSA) is 52.3 Å². The van der Waals surface area contributed by atoms with E-state index in [2.05, 4.69) is 4.98 Å². The molecule has 22 heavy (non-hydrogen) atoms. The van der Waals surface area contributed by atoms with E-state index in [0.29, 0.717) is 11.3 Å². The van der Waals surface area contributed by atoms with Crippen molar-refractivity contribution in [1.29, 1.82) is 0 Å². The Balaban J connectivity index is 2.04. The fourth-order valence-corrected chi connectivity index (χ4v) is 2.53. The molecule has 3 aromatic rings. The second-order valence-electron chi connectivity index (χ2n) is 4.47. The van der Waals surface area contributed by atoms with Crippen LogP contribution < -0.4 is 4.74 Å². The van der Waals surface area contributed by atoms with E-state index in [1.165, 1.54) is 23.5 Å². The van der Waals surface area contributed by atoms with Crippen LogP contribution in [0, 0.1) is 5.82 Å². The third-order valence-electron chi connectivity index (χ3n) is 2.93. The molecule has 6 heteroatoms. The quantitative estimate of drug-likeness (QED) is 0.664. The third kappa shape index (κ3) is 2.92. The molecule has 0 amide bonds. The normalized spacial score (nSPS) is 10.6. The zero-order chi connectivity index (χ0) is 15.5. The molecule has 0 saturated heterocycles. The van der Waals surface area contributed by atoms with Gasteiger partial charge in [-0.3, -0.25) is 4.79 Å². The number of hydrogen-bond acceptors (Lipinski definition) is 5. The number of hydrogen-bond donors (Lipinski definition) is 0. The lowest BCUT2D eigenvalue weighted by atomic mass is 10.2. The van der Waals surface area contributed by atoms with E-state index in [-0.39, 0.29) is 24.0 Å². The van der Waals surface area contributed by atoms with Gasteiger partial charge in [-0.2, -0.15) is 4.98 Å². The van der Waals surface area contributed by atoms with Crippen LogP contribution in [0.3, 0.4) is 0 Å². The van der Waals surface area contributed by atoms with Gasteiger partial charge in [0.15, 0.2) is 0 Å². The van der Waals surface area contributed by atoms with Gasteiger partial charge in [-0.25, -0.2) is 4.39 Å². The maximum atomic E-state index is 13.0. The predicted octanol–water partition coefficient (Wildman–Crippen LogP) is 4.52. The standard InChI is InChI=1S/C16H12FNO3S/c1-2-13(19)20-16-14(12-4-3-9-22-12)21-15(18-16)10-5-7-11(17)8-6-10/h3-9H,2H2,1H3. The van der Waals surface area contributed by atoms with Crippen molar-refractivity contribution in [1.82, 2.24) is 4.98 Å². The largest absolute Gasteiger partial charge is 0.431 e. The minimum atomic E-state index is -0.392. The van der Waals surface area contributed by atoms with Crippen molar-refractivity contribution in [3.63, 3.8) is 0 Å². The Labute approximate surface area is 130 Å². The van der Waals surface area contributed by atoms with Crippen LogP contribution in [0.5, 0.6) is 5.88 Å². The number of rotatable bonds is 4. The highest BCUT2D eigenvalue weighted by molar-refractivity contribution is 7.13. The van der Waals surface area contributed by atoms with Crippen LogP contribution in [0.25, 0.3) is 22.1 Å². The number of carbonyl (C=O) groups excluding carboxylic acids is 1. The Morgan fingerprint density at radius 2 is 2.09 bits per heavy atom. The fourth-order valence-electron chi connectivity index (χ4n) is 1.83. The molecule has 2 aromatic heterocycles. The van der Waals surface area contributed by atoms with Crippen LogP contribution in [0.1, 0.15) is 13.3 Å². The van der Waals surface area contributed by atoms with Crippen molar-refractivity contribution in [3.05, 3.63) is 47.6 Å². The van der Waals surface area contributed by atoms with Crippen LogP contribution in [0.2, 0.25) is 0 Å². The van der Waals surface area contributed by atoms with Gasteiger partial charge in [0, 0.05) is 12.0 Å². The Morgan fingerprint density at radius 1 is 1.32 bits per heavy atom. The van der Waals surface area contributed by atoms with Gasteiger partial charge in [0.2, 0.25) is 11.7 Å². The molecule has 3 rings (SSSR count). The monoisotopic (exact) mass is 317 g/mol. The van der Waals surface area contributed by atoms with Crippen molar-refractivity contribution >= 4 is 17.3 Å². The molecule has 0 aliphatic rings. The van der Waals surface area contributed by atoms with Gasteiger partial charge in [0.1, 0.15) is 5.82 Å². The van der Waals surface area contributed by atoms with Gasteiger partial charge in [-0.1, -0.05) is 13.0 Å². The highest BCUT2D eigenvalue weighted by Crippen LogP contribution is 2.37. The minimum Gasteiger partial charge on any atom is -0.431 e. The third-order valence-corrected chi connectivity index (χ3v) is 3.80. The van der Waals surface area contributed by atoms with Crippen LogP contribution in [-0.2, 0) is 4.79 Å². The number of esters is 1. The Hall–Kier alpha value is -2.47. The lowest BCUT2D eigenvalue weighted by Gasteiger charge is -1.98. The van der Waals surface area contributed by atoms with Gasteiger partial charge < -0.3 is 9.15 Å². The molecule has 0 aliphatic heterocycles.